The van der Waals surface area contributed by atoms with E-state index < -0.39 is 10.0 Å². The van der Waals surface area contributed by atoms with Crippen LogP contribution in [0.2, 0.25) is 0 Å². The molecule has 2 rings (SSSR count). The molecule has 0 amide bonds. The Hall–Kier alpha value is -1.14. The van der Waals surface area contributed by atoms with Gasteiger partial charge in [0.1, 0.15) is 4.90 Å². The maximum atomic E-state index is 12.1. The molecule has 0 aliphatic carbocycles. The van der Waals surface area contributed by atoms with E-state index in [9.17, 15) is 8.42 Å². The fourth-order valence-electron chi connectivity index (χ4n) is 1.57. The van der Waals surface area contributed by atoms with E-state index in [1.807, 2.05) is 13.8 Å². The molecule has 0 bridgehead atoms. The summed E-state index contributed by atoms with van der Waals surface area (Å²) in [6, 6.07) is 1.61. The molecule has 1 aromatic heterocycles. The van der Waals surface area contributed by atoms with Crippen LogP contribution in [0.15, 0.2) is 23.4 Å². The number of sulfonamides is 1. The number of hydrogen-bond acceptors (Lipinski definition) is 4. The molecular formula is C9H13N3O2S. The van der Waals surface area contributed by atoms with Gasteiger partial charge < -0.3 is 5.32 Å². The summed E-state index contributed by atoms with van der Waals surface area (Å²) >= 11 is 0. The zero-order valence-corrected chi connectivity index (χ0v) is 9.45. The molecule has 0 saturated carbocycles. The molecule has 6 heteroatoms. The lowest BCUT2D eigenvalue weighted by Gasteiger charge is -2.31. The van der Waals surface area contributed by atoms with E-state index in [-0.39, 0.29) is 10.9 Å². The van der Waals surface area contributed by atoms with Crippen LogP contribution in [0.3, 0.4) is 0 Å². The molecule has 0 unspecified atom stereocenters. The number of hydrogen-bond donors (Lipinski definition) is 1. The maximum absolute atomic E-state index is 12.1. The molecule has 0 atom stereocenters. The largest absolute Gasteiger partial charge is 0.370 e. The van der Waals surface area contributed by atoms with Crippen molar-refractivity contribution in [1.82, 2.24) is 9.29 Å². The quantitative estimate of drug-likeness (QED) is 0.773. The summed E-state index contributed by atoms with van der Waals surface area (Å²) in [6.07, 6.45) is 2.96. The van der Waals surface area contributed by atoms with E-state index in [4.69, 9.17) is 0 Å². The van der Waals surface area contributed by atoms with Crippen molar-refractivity contribution in [3.05, 3.63) is 18.5 Å². The van der Waals surface area contributed by atoms with Gasteiger partial charge in [0, 0.05) is 18.4 Å². The van der Waals surface area contributed by atoms with Crippen molar-refractivity contribution < 1.29 is 8.42 Å². The van der Waals surface area contributed by atoms with Crippen LogP contribution in [0.4, 0.5) is 5.69 Å². The lowest BCUT2D eigenvalue weighted by Crippen LogP contribution is -2.43. The Balaban J connectivity index is 2.55. The fourth-order valence-corrected chi connectivity index (χ4v) is 3.22. The van der Waals surface area contributed by atoms with E-state index in [2.05, 4.69) is 10.3 Å². The molecule has 5 nitrogen and oxygen atoms in total. The highest BCUT2D eigenvalue weighted by molar-refractivity contribution is 7.89. The average Bonchev–Trinajstić information content (AvgIpc) is 2.17. The van der Waals surface area contributed by atoms with Crippen molar-refractivity contribution in [3.8, 4) is 0 Å². The molecule has 0 fully saturated rings. The van der Waals surface area contributed by atoms with Gasteiger partial charge in [-0.15, -0.1) is 0 Å². The van der Waals surface area contributed by atoms with E-state index >= 15 is 0 Å². The molecule has 1 N–H and O–H groups in total. The van der Waals surface area contributed by atoms with Crippen LogP contribution < -0.4 is 5.32 Å². The van der Waals surface area contributed by atoms with E-state index in [1.54, 1.807) is 12.3 Å². The summed E-state index contributed by atoms with van der Waals surface area (Å²) in [5, 5.41) is 3.06. The number of aromatic nitrogens is 1. The Morgan fingerprint density at radius 2 is 2.27 bits per heavy atom. The average molecular weight is 227 g/mol. The van der Waals surface area contributed by atoms with Crippen LogP contribution in [0.1, 0.15) is 13.8 Å². The number of pyridine rings is 1. The third-order valence-corrected chi connectivity index (χ3v) is 4.42. The normalized spacial score (nSPS) is 19.7. The summed E-state index contributed by atoms with van der Waals surface area (Å²) in [5.74, 6) is 0. The zero-order valence-electron chi connectivity index (χ0n) is 8.64. The van der Waals surface area contributed by atoms with Crippen molar-refractivity contribution in [2.45, 2.75) is 24.8 Å². The molecule has 15 heavy (non-hydrogen) atoms. The Kier molecular flexibility index (Phi) is 2.40. The zero-order chi connectivity index (χ0) is 11.1. The summed E-state index contributed by atoms with van der Waals surface area (Å²) in [4.78, 5) is 4.10. The lowest BCUT2D eigenvalue weighted by atomic mass is 10.4. The molecule has 1 aliphatic heterocycles. The minimum atomic E-state index is -3.37. The first kappa shape index (κ1) is 10.4. The molecule has 82 valence electrons. The van der Waals surface area contributed by atoms with Crippen molar-refractivity contribution in [3.63, 3.8) is 0 Å². The number of nitrogens with zero attached hydrogens (tertiary/aromatic N) is 2. The summed E-state index contributed by atoms with van der Waals surface area (Å²) in [7, 11) is -3.37. The minimum Gasteiger partial charge on any atom is -0.370 e. The molecule has 1 aromatic rings. The van der Waals surface area contributed by atoms with Gasteiger partial charge in [0.25, 0.3) is 0 Å². The van der Waals surface area contributed by atoms with Crippen LogP contribution in [0.25, 0.3) is 0 Å². The predicted molar refractivity (Wildman–Crippen MR) is 56.9 cm³/mol. The van der Waals surface area contributed by atoms with Crippen LogP contribution in [0, 0.1) is 0 Å². The third kappa shape index (κ3) is 1.59. The molecule has 1 aliphatic rings. The second kappa shape index (κ2) is 3.46. The van der Waals surface area contributed by atoms with E-state index in [0.29, 0.717) is 12.4 Å². The lowest BCUT2D eigenvalue weighted by molar-refractivity contribution is 0.367. The van der Waals surface area contributed by atoms with Crippen molar-refractivity contribution in [1.29, 1.82) is 0 Å². The fraction of sp³-hybridized carbons (Fsp3) is 0.444. The summed E-state index contributed by atoms with van der Waals surface area (Å²) in [6.45, 7) is 4.01. The summed E-state index contributed by atoms with van der Waals surface area (Å²) < 4.78 is 25.6. The van der Waals surface area contributed by atoms with Crippen LogP contribution in [0.5, 0.6) is 0 Å². The molecule has 2 heterocycles. The highest BCUT2D eigenvalue weighted by Crippen LogP contribution is 2.28. The van der Waals surface area contributed by atoms with E-state index in [1.165, 1.54) is 10.5 Å². The summed E-state index contributed by atoms with van der Waals surface area (Å²) in [5.41, 5.74) is 0.627. The standard InChI is InChI=1S/C9H13N3O2S/c1-7(2)12-6-11-8-3-4-10-5-9(8)15(12,13)14/h3-5,7,11H,6H2,1-2H3. The van der Waals surface area contributed by atoms with Gasteiger partial charge in [-0.25, -0.2) is 8.42 Å². The highest BCUT2D eigenvalue weighted by atomic mass is 32.2. The molecule has 0 spiro atoms. The maximum Gasteiger partial charge on any atom is 0.248 e. The van der Waals surface area contributed by atoms with Crippen LogP contribution in [-0.4, -0.2) is 30.4 Å². The SMILES string of the molecule is CC(C)N1CNc2ccncc2S1(=O)=O. The smallest absolute Gasteiger partial charge is 0.248 e. The van der Waals surface area contributed by atoms with Gasteiger partial charge in [0.2, 0.25) is 10.0 Å². The first-order valence-electron chi connectivity index (χ1n) is 4.73. The van der Waals surface area contributed by atoms with Crippen molar-refractivity contribution in [2.24, 2.45) is 0 Å². The minimum absolute atomic E-state index is 0.0594. The molecule has 0 saturated heterocycles. The second-order valence-corrected chi connectivity index (χ2v) is 5.55. The second-order valence-electron chi connectivity index (χ2n) is 3.69. The van der Waals surface area contributed by atoms with Gasteiger partial charge in [-0.3, -0.25) is 4.98 Å². The molecule has 0 aromatic carbocycles. The van der Waals surface area contributed by atoms with Crippen LogP contribution >= 0.6 is 0 Å². The van der Waals surface area contributed by atoms with Crippen molar-refractivity contribution >= 4 is 15.7 Å². The van der Waals surface area contributed by atoms with Crippen molar-refractivity contribution in [2.75, 3.05) is 12.0 Å². The van der Waals surface area contributed by atoms with Gasteiger partial charge in [-0.05, 0) is 19.9 Å². The van der Waals surface area contributed by atoms with Gasteiger partial charge in [0.15, 0.2) is 0 Å². The van der Waals surface area contributed by atoms with Gasteiger partial charge in [-0.2, -0.15) is 4.31 Å². The predicted octanol–water partition coefficient (Wildman–Crippen LogP) is 0.864. The number of anilines is 1. The van der Waals surface area contributed by atoms with E-state index in [0.717, 1.165) is 0 Å². The topological polar surface area (TPSA) is 62.3 Å². The number of fused-ring (bicyclic) bond motifs is 1. The Morgan fingerprint density at radius 3 is 2.93 bits per heavy atom. The number of rotatable bonds is 1. The van der Waals surface area contributed by atoms with Gasteiger partial charge >= 0.3 is 0 Å². The molecule has 0 radical (unpaired) electrons. The Labute approximate surface area is 89.2 Å². The van der Waals surface area contributed by atoms with Crippen LogP contribution in [-0.2, 0) is 10.0 Å². The Bertz CT molecular complexity index is 470. The van der Waals surface area contributed by atoms with Gasteiger partial charge in [-0.1, -0.05) is 0 Å². The highest BCUT2D eigenvalue weighted by Gasteiger charge is 2.32. The molecular weight excluding hydrogens is 214 g/mol. The Morgan fingerprint density at radius 1 is 1.53 bits per heavy atom. The van der Waals surface area contributed by atoms with Gasteiger partial charge in [0.05, 0.1) is 12.4 Å². The first-order valence-corrected chi connectivity index (χ1v) is 6.17. The first-order chi connectivity index (χ1) is 7.03. The third-order valence-electron chi connectivity index (χ3n) is 2.37. The number of nitrogens with one attached hydrogen (secondary N) is 1. The monoisotopic (exact) mass is 227 g/mol.